The normalized spacial score (nSPS) is 19.8. The van der Waals surface area contributed by atoms with Crippen molar-refractivity contribution in [3.05, 3.63) is 52.3 Å². The van der Waals surface area contributed by atoms with Crippen molar-refractivity contribution in [2.24, 2.45) is 5.73 Å². The van der Waals surface area contributed by atoms with Gasteiger partial charge in [-0.3, -0.25) is 10.1 Å². The van der Waals surface area contributed by atoms with Crippen molar-refractivity contribution < 1.29 is 14.3 Å². The lowest BCUT2D eigenvalue weighted by molar-refractivity contribution is 0.0607. The molecule has 2 saturated heterocycles. The van der Waals surface area contributed by atoms with Crippen molar-refractivity contribution in [2.45, 2.75) is 64.6 Å². The number of likely N-dealkylation sites (tertiary alicyclic amines) is 1. The number of halogens is 1. The number of ether oxygens (including phenoxy) is 1. The molecule has 1 aromatic carbocycles. The number of hydrogen-bond acceptors (Lipinski definition) is 7. The number of anilines is 2. The molecule has 38 heavy (non-hydrogen) atoms. The molecule has 2 fully saturated rings. The van der Waals surface area contributed by atoms with Crippen LogP contribution in [-0.4, -0.2) is 63.3 Å². The zero-order chi connectivity index (χ0) is 27.0. The molecule has 3 aromatic rings. The van der Waals surface area contributed by atoms with Crippen LogP contribution in [0, 0.1) is 6.92 Å². The summed E-state index contributed by atoms with van der Waals surface area (Å²) in [5.41, 5.74) is 9.35. The van der Waals surface area contributed by atoms with Crippen molar-refractivity contribution in [2.75, 3.05) is 29.9 Å². The highest BCUT2D eigenvalue weighted by atomic mass is 35.5. The van der Waals surface area contributed by atoms with E-state index in [-0.39, 0.29) is 24.1 Å². The molecule has 2 aliphatic rings. The Kier molecular flexibility index (Phi) is 7.45. The zero-order valence-corrected chi connectivity index (χ0v) is 22.7. The third kappa shape index (κ3) is 5.42. The second kappa shape index (κ2) is 10.8. The first-order valence-electron chi connectivity index (χ1n) is 13.1. The standard InChI is InChI=1S/C27H34ClN7O3/c1-16(2)38-27(37)30-21-8-7-18(28)12-20(21)26(36)34-10-5-4-6-23(34)22-13-24-31-25(17(3)14-35(24)32-22)33-11-9-19(29)15-33/h7-8,12-14,16,19,23H,4-6,9-11,15,29H2,1-3H3,(H,30,37)/t19-,23-/m0/s1. The van der Waals surface area contributed by atoms with Crippen molar-refractivity contribution in [1.82, 2.24) is 19.5 Å². The first-order chi connectivity index (χ1) is 18.2. The number of aryl methyl sites for hydroxylation is 1. The summed E-state index contributed by atoms with van der Waals surface area (Å²) in [5.74, 6) is 0.710. The van der Waals surface area contributed by atoms with Crippen LogP contribution in [0.2, 0.25) is 5.02 Å². The summed E-state index contributed by atoms with van der Waals surface area (Å²) < 4.78 is 7.00. The summed E-state index contributed by atoms with van der Waals surface area (Å²) in [4.78, 5) is 35.1. The number of carbonyl (C=O) groups is 2. The number of benzene rings is 1. The van der Waals surface area contributed by atoms with Gasteiger partial charge in [0.15, 0.2) is 5.65 Å². The Morgan fingerprint density at radius 2 is 2.00 bits per heavy atom. The van der Waals surface area contributed by atoms with E-state index in [0.717, 1.165) is 61.5 Å². The maximum absolute atomic E-state index is 13.9. The monoisotopic (exact) mass is 539 g/mol. The van der Waals surface area contributed by atoms with Gasteiger partial charge < -0.3 is 20.3 Å². The predicted octanol–water partition coefficient (Wildman–Crippen LogP) is 4.55. The number of nitrogens with zero attached hydrogens (tertiary/aromatic N) is 5. The maximum Gasteiger partial charge on any atom is 0.411 e. The third-order valence-corrected chi connectivity index (χ3v) is 7.28. The number of carbonyl (C=O) groups excluding carboxylic acids is 2. The fourth-order valence-corrected chi connectivity index (χ4v) is 5.45. The number of nitrogens with one attached hydrogen (secondary N) is 1. The van der Waals surface area contributed by atoms with E-state index >= 15 is 0 Å². The number of amides is 2. The van der Waals surface area contributed by atoms with E-state index in [0.29, 0.717) is 22.8 Å². The molecule has 4 heterocycles. The Morgan fingerprint density at radius 3 is 2.74 bits per heavy atom. The van der Waals surface area contributed by atoms with Crippen LogP contribution < -0.4 is 16.0 Å². The molecule has 2 atom stereocenters. The molecule has 0 bridgehead atoms. The maximum atomic E-state index is 13.9. The molecule has 2 aromatic heterocycles. The van der Waals surface area contributed by atoms with Crippen LogP contribution in [0.1, 0.15) is 67.2 Å². The lowest BCUT2D eigenvalue weighted by atomic mass is 9.98. The average molecular weight is 540 g/mol. The van der Waals surface area contributed by atoms with Crippen molar-refractivity contribution in [3.63, 3.8) is 0 Å². The molecular weight excluding hydrogens is 506 g/mol. The van der Waals surface area contributed by atoms with Gasteiger partial charge in [-0.05, 0) is 64.7 Å². The topological polar surface area (TPSA) is 118 Å². The first kappa shape index (κ1) is 26.2. The Morgan fingerprint density at radius 1 is 1.18 bits per heavy atom. The highest BCUT2D eigenvalue weighted by Gasteiger charge is 2.32. The van der Waals surface area contributed by atoms with E-state index in [1.165, 1.54) is 0 Å². The van der Waals surface area contributed by atoms with Crippen LogP contribution in [-0.2, 0) is 4.74 Å². The Labute approximate surface area is 227 Å². The van der Waals surface area contributed by atoms with Gasteiger partial charge in [0.25, 0.3) is 5.91 Å². The minimum absolute atomic E-state index is 0.160. The van der Waals surface area contributed by atoms with Crippen molar-refractivity contribution in [3.8, 4) is 0 Å². The molecular formula is C27H34ClN7O3. The molecule has 2 amide bonds. The zero-order valence-electron chi connectivity index (χ0n) is 22.0. The molecule has 2 aliphatic heterocycles. The summed E-state index contributed by atoms with van der Waals surface area (Å²) in [5, 5.41) is 7.93. The molecule has 11 heteroatoms. The van der Waals surface area contributed by atoms with Crippen LogP contribution in [0.4, 0.5) is 16.3 Å². The van der Waals surface area contributed by atoms with Gasteiger partial charge in [0.05, 0.1) is 29.1 Å². The highest BCUT2D eigenvalue weighted by molar-refractivity contribution is 6.31. The number of fused-ring (bicyclic) bond motifs is 1. The van der Waals surface area contributed by atoms with Crippen LogP contribution >= 0.6 is 11.6 Å². The van der Waals surface area contributed by atoms with E-state index in [1.807, 2.05) is 24.1 Å². The SMILES string of the molecule is Cc1cn2nc([C@@H]3CCCCN3C(=O)c3cc(Cl)ccc3NC(=O)OC(C)C)cc2nc1N1CC[C@H](N)C1. The Balaban J connectivity index is 1.44. The van der Waals surface area contributed by atoms with E-state index in [2.05, 4.69) is 10.2 Å². The smallest absolute Gasteiger partial charge is 0.411 e. The van der Waals surface area contributed by atoms with Gasteiger partial charge in [0.2, 0.25) is 0 Å². The molecule has 0 radical (unpaired) electrons. The lowest BCUT2D eigenvalue weighted by Crippen LogP contribution is -2.39. The van der Waals surface area contributed by atoms with Gasteiger partial charge >= 0.3 is 6.09 Å². The number of aromatic nitrogens is 3. The van der Waals surface area contributed by atoms with Crippen LogP contribution in [0.3, 0.4) is 0 Å². The molecule has 0 aliphatic carbocycles. The van der Waals surface area contributed by atoms with Gasteiger partial charge in [-0.15, -0.1) is 0 Å². The summed E-state index contributed by atoms with van der Waals surface area (Å²) in [6.07, 6.45) is 4.66. The molecule has 5 rings (SSSR count). The highest BCUT2D eigenvalue weighted by Crippen LogP contribution is 2.34. The van der Waals surface area contributed by atoms with Gasteiger partial charge in [-0.2, -0.15) is 5.10 Å². The summed E-state index contributed by atoms with van der Waals surface area (Å²) in [6.45, 7) is 7.80. The van der Waals surface area contributed by atoms with Crippen molar-refractivity contribution >= 4 is 40.8 Å². The minimum Gasteiger partial charge on any atom is -0.447 e. The number of nitrogens with two attached hydrogens (primary N) is 1. The van der Waals surface area contributed by atoms with Crippen molar-refractivity contribution in [1.29, 1.82) is 0 Å². The van der Waals surface area contributed by atoms with E-state index in [1.54, 1.807) is 36.6 Å². The number of rotatable bonds is 5. The first-order valence-corrected chi connectivity index (χ1v) is 13.5. The van der Waals surface area contributed by atoms with Gasteiger partial charge in [0, 0.05) is 48.5 Å². The molecule has 3 N–H and O–H groups in total. The van der Waals surface area contributed by atoms with E-state index in [9.17, 15) is 9.59 Å². The molecule has 10 nitrogen and oxygen atoms in total. The van der Waals surface area contributed by atoms with E-state index < -0.39 is 6.09 Å². The Bertz CT molecular complexity index is 1360. The van der Waals surface area contributed by atoms with Crippen LogP contribution in [0.5, 0.6) is 0 Å². The Hall–Kier alpha value is -3.37. The third-order valence-electron chi connectivity index (χ3n) is 7.04. The molecule has 0 unspecified atom stereocenters. The molecule has 0 spiro atoms. The largest absolute Gasteiger partial charge is 0.447 e. The fraction of sp³-hybridized carbons (Fsp3) is 0.481. The summed E-state index contributed by atoms with van der Waals surface area (Å²) in [6, 6.07) is 6.75. The van der Waals surface area contributed by atoms with Gasteiger partial charge in [-0.1, -0.05) is 11.6 Å². The van der Waals surface area contributed by atoms with Crippen LogP contribution in [0.25, 0.3) is 5.65 Å². The summed E-state index contributed by atoms with van der Waals surface area (Å²) in [7, 11) is 0. The van der Waals surface area contributed by atoms with E-state index in [4.69, 9.17) is 32.2 Å². The number of piperidine rings is 1. The van der Waals surface area contributed by atoms with Gasteiger partial charge in [0.1, 0.15) is 5.82 Å². The summed E-state index contributed by atoms with van der Waals surface area (Å²) >= 11 is 6.27. The predicted molar refractivity (Wildman–Crippen MR) is 147 cm³/mol. The van der Waals surface area contributed by atoms with Crippen LogP contribution in [0.15, 0.2) is 30.5 Å². The number of hydrogen-bond donors (Lipinski definition) is 2. The fourth-order valence-electron chi connectivity index (χ4n) is 5.27. The second-order valence-electron chi connectivity index (χ2n) is 10.4. The average Bonchev–Trinajstić information content (AvgIpc) is 3.49. The minimum atomic E-state index is -0.622. The second-order valence-corrected chi connectivity index (χ2v) is 10.8. The molecule has 202 valence electrons. The van der Waals surface area contributed by atoms with Gasteiger partial charge in [-0.25, -0.2) is 14.3 Å². The molecule has 0 saturated carbocycles. The quantitative estimate of drug-likeness (QED) is 0.488. The lowest BCUT2D eigenvalue weighted by Gasteiger charge is -2.35.